The number of imidazole rings is 1. The van der Waals surface area contributed by atoms with E-state index in [0.717, 1.165) is 12.5 Å². The Labute approximate surface area is 201 Å². The van der Waals surface area contributed by atoms with E-state index in [4.69, 9.17) is 15.5 Å². The van der Waals surface area contributed by atoms with Crippen LogP contribution in [0.1, 0.15) is 45.1 Å². The molecular formula is C24H29F2N7O2. The van der Waals surface area contributed by atoms with Gasteiger partial charge in [-0.2, -0.15) is 4.98 Å². The van der Waals surface area contributed by atoms with E-state index in [1.54, 1.807) is 6.20 Å². The summed E-state index contributed by atoms with van der Waals surface area (Å²) >= 11 is 0. The summed E-state index contributed by atoms with van der Waals surface area (Å²) in [5.74, 6) is -0.630. The number of hydrogen-bond donors (Lipinski definition) is 3. The number of amides is 1. The number of aromatic nitrogens is 4. The monoisotopic (exact) mass is 485 g/mol. The second kappa shape index (κ2) is 9.73. The molecule has 1 aliphatic carbocycles. The second-order valence-electron chi connectivity index (χ2n) is 9.46. The smallest absolute Gasteiger partial charge is 0.224 e. The minimum Gasteiger partial charge on any atom is -0.381 e. The topological polar surface area (TPSA) is 120 Å². The van der Waals surface area contributed by atoms with Gasteiger partial charge in [-0.3, -0.25) is 9.36 Å². The molecule has 1 saturated carbocycles. The molecule has 2 aliphatic rings. The fourth-order valence-corrected chi connectivity index (χ4v) is 4.98. The van der Waals surface area contributed by atoms with E-state index >= 15 is 0 Å². The normalized spacial score (nSPS) is 24.9. The third kappa shape index (κ3) is 4.90. The van der Waals surface area contributed by atoms with Crippen LogP contribution in [0.3, 0.4) is 0 Å². The molecule has 11 heteroatoms. The predicted molar refractivity (Wildman–Crippen MR) is 127 cm³/mol. The van der Waals surface area contributed by atoms with E-state index < -0.39 is 11.6 Å². The number of nitrogens with zero attached hydrogens (tertiary/aromatic N) is 4. The third-order valence-corrected chi connectivity index (χ3v) is 7.03. The van der Waals surface area contributed by atoms with Crippen molar-refractivity contribution in [2.75, 3.05) is 23.8 Å². The number of rotatable bonds is 6. The molecule has 186 valence electrons. The lowest BCUT2D eigenvalue weighted by atomic mass is 9.85. The average molecular weight is 486 g/mol. The number of fused-ring (bicyclic) bond motifs is 1. The van der Waals surface area contributed by atoms with Gasteiger partial charge in [0.2, 0.25) is 17.8 Å². The van der Waals surface area contributed by atoms with Gasteiger partial charge in [0, 0.05) is 30.7 Å². The molecule has 0 spiro atoms. The molecule has 0 unspecified atom stereocenters. The van der Waals surface area contributed by atoms with E-state index in [1.165, 1.54) is 12.1 Å². The maximum absolute atomic E-state index is 14.4. The molecule has 0 bridgehead atoms. The van der Waals surface area contributed by atoms with Crippen molar-refractivity contribution in [2.45, 2.75) is 51.1 Å². The zero-order valence-electron chi connectivity index (χ0n) is 19.5. The van der Waals surface area contributed by atoms with Gasteiger partial charge in [-0.15, -0.1) is 0 Å². The second-order valence-corrected chi connectivity index (χ2v) is 9.46. The van der Waals surface area contributed by atoms with Gasteiger partial charge >= 0.3 is 0 Å². The minimum atomic E-state index is -0.719. The highest BCUT2D eigenvalue weighted by Crippen LogP contribution is 2.37. The maximum atomic E-state index is 14.4. The zero-order chi connectivity index (χ0) is 24.5. The third-order valence-electron chi connectivity index (χ3n) is 7.03. The van der Waals surface area contributed by atoms with Gasteiger partial charge in [0.25, 0.3) is 0 Å². The Kier molecular flexibility index (Phi) is 6.50. The molecule has 4 N–H and O–H groups in total. The van der Waals surface area contributed by atoms with E-state index in [9.17, 15) is 13.6 Å². The van der Waals surface area contributed by atoms with Crippen LogP contribution in [-0.2, 0) is 9.53 Å². The van der Waals surface area contributed by atoms with Gasteiger partial charge in [-0.05, 0) is 50.2 Å². The molecule has 3 aromatic rings. The minimum absolute atomic E-state index is 0.0219. The molecule has 0 radical (unpaired) electrons. The van der Waals surface area contributed by atoms with Crippen LogP contribution in [0.15, 0.2) is 24.4 Å². The lowest BCUT2D eigenvalue weighted by Crippen LogP contribution is -2.36. The number of carbonyl (C=O) groups is 1. The fourth-order valence-electron chi connectivity index (χ4n) is 4.98. The van der Waals surface area contributed by atoms with Crippen molar-refractivity contribution in [2.24, 2.45) is 17.6 Å². The summed E-state index contributed by atoms with van der Waals surface area (Å²) in [5, 5.41) is 6.43. The Morgan fingerprint density at radius 3 is 2.69 bits per heavy atom. The number of nitrogens with two attached hydrogens (primary N) is 1. The quantitative estimate of drug-likeness (QED) is 0.484. The van der Waals surface area contributed by atoms with Gasteiger partial charge < -0.3 is 21.1 Å². The molecule has 1 amide bonds. The summed E-state index contributed by atoms with van der Waals surface area (Å²) in [7, 11) is 0. The molecule has 9 nitrogen and oxygen atoms in total. The Morgan fingerprint density at radius 1 is 1.17 bits per heavy atom. The van der Waals surface area contributed by atoms with Crippen molar-refractivity contribution < 1.29 is 18.3 Å². The van der Waals surface area contributed by atoms with E-state index in [1.807, 2.05) is 4.57 Å². The van der Waals surface area contributed by atoms with Crippen molar-refractivity contribution in [3.05, 3.63) is 36.0 Å². The van der Waals surface area contributed by atoms with Gasteiger partial charge in [0.15, 0.2) is 5.65 Å². The van der Waals surface area contributed by atoms with Crippen LogP contribution in [-0.4, -0.2) is 44.7 Å². The largest absolute Gasteiger partial charge is 0.381 e. The number of carbonyl (C=O) groups excluding carboxylic acids is 1. The molecule has 2 fully saturated rings. The van der Waals surface area contributed by atoms with Crippen molar-refractivity contribution in [3.63, 3.8) is 0 Å². The molecule has 5 rings (SSSR count). The number of nitrogens with one attached hydrogen (secondary N) is 2. The number of anilines is 3. The number of ether oxygens (including phenoxy) is 1. The molecule has 1 aliphatic heterocycles. The zero-order valence-corrected chi connectivity index (χ0v) is 19.5. The molecule has 1 aromatic carbocycles. The number of halogens is 2. The van der Waals surface area contributed by atoms with Crippen LogP contribution in [0.2, 0.25) is 0 Å². The number of primary amides is 1. The van der Waals surface area contributed by atoms with Crippen molar-refractivity contribution in [1.82, 2.24) is 19.5 Å². The van der Waals surface area contributed by atoms with Crippen molar-refractivity contribution in [3.8, 4) is 0 Å². The predicted octanol–water partition coefficient (Wildman–Crippen LogP) is 3.90. The SMILES string of the molecule is C[C@H]1COCC[C@H]1Nc1ncc2nc(Nc3ccc(F)cc3F)n([C@H]3CC[C@@H](C(N)=O)CC3)c2n1. The number of benzene rings is 1. The summed E-state index contributed by atoms with van der Waals surface area (Å²) in [6.45, 7) is 3.48. The summed E-state index contributed by atoms with van der Waals surface area (Å²) in [4.78, 5) is 25.5. The van der Waals surface area contributed by atoms with E-state index in [0.29, 0.717) is 67.9 Å². The van der Waals surface area contributed by atoms with Gasteiger partial charge in [-0.1, -0.05) is 6.92 Å². The lowest BCUT2D eigenvalue weighted by Gasteiger charge is -2.30. The first kappa shape index (κ1) is 23.4. The van der Waals surface area contributed by atoms with Crippen LogP contribution in [0.25, 0.3) is 11.2 Å². The molecule has 3 heterocycles. The molecule has 35 heavy (non-hydrogen) atoms. The molecular weight excluding hydrogens is 456 g/mol. The van der Waals surface area contributed by atoms with E-state index in [-0.39, 0.29) is 29.6 Å². The lowest BCUT2D eigenvalue weighted by molar-refractivity contribution is -0.122. The van der Waals surface area contributed by atoms with Crippen LogP contribution in [0, 0.1) is 23.5 Å². The molecule has 1 saturated heterocycles. The van der Waals surface area contributed by atoms with Crippen LogP contribution in [0.5, 0.6) is 0 Å². The maximum Gasteiger partial charge on any atom is 0.224 e. The van der Waals surface area contributed by atoms with Gasteiger partial charge in [0.05, 0.1) is 18.5 Å². The Bertz CT molecular complexity index is 1230. The standard InChI is InChI=1S/C24H29F2N7O2/c1-13-12-35-9-8-18(13)29-23-28-11-20-22(32-23)33(16-5-2-14(3-6-16)21(27)34)24(31-20)30-19-7-4-15(25)10-17(19)26/h4,7,10-11,13-14,16,18H,2-3,5-6,8-9,12H2,1H3,(H2,27,34)(H,30,31)(H,28,29,32)/t13-,14-,16+,18+/m0/s1. The Morgan fingerprint density at radius 2 is 1.97 bits per heavy atom. The number of hydrogen-bond acceptors (Lipinski definition) is 7. The van der Waals surface area contributed by atoms with Crippen LogP contribution < -0.4 is 16.4 Å². The molecule has 2 aromatic heterocycles. The summed E-state index contributed by atoms with van der Waals surface area (Å²) < 4.78 is 35.3. The van der Waals surface area contributed by atoms with Crippen LogP contribution >= 0.6 is 0 Å². The summed E-state index contributed by atoms with van der Waals surface area (Å²) in [6, 6.07) is 3.52. The first-order valence-electron chi connectivity index (χ1n) is 12.0. The van der Waals surface area contributed by atoms with Crippen LogP contribution in [0.4, 0.5) is 26.4 Å². The van der Waals surface area contributed by atoms with E-state index in [2.05, 4.69) is 27.5 Å². The van der Waals surface area contributed by atoms with Gasteiger partial charge in [-0.25, -0.2) is 18.7 Å². The highest BCUT2D eigenvalue weighted by atomic mass is 19.1. The average Bonchev–Trinajstić information content (AvgIpc) is 3.19. The van der Waals surface area contributed by atoms with Gasteiger partial charge in [0.1, 0.15) is 17.2 Å². The first-order chi connectivity index (χ1) is 16.9. The Hall–Kier alpha value is -3.34. The Balaban J connectivity index is 1.50. The molecule has 2 atom stereocenters. The fraction of sp³-hybridized carbons (Fsp3) is 0.500. The summed E-state index contributed by atoms with van der Waals surface area (Å²) in [5.41, 5.74) is 6.79. The van der Waals surface area contributed by atoms with Crippen molar-refractivity contribution in [1.29, 1.82) is 0 Å². The highest BCUT2D eigenvalue weighted by Gasteiger charge is 2.30. The summed E-state index contributed by atoms with van der Waals surface area (Å²) in [6.07, 6.45) is 5.20. The first-order valence-corrected chi connectivity index (χ1v) is 12.0. The van der Waals surface area contributed by atoms with Crippen molar-refractivity contribution >= 4 is 34.7 Å². The highest BCUT2D eigenvalue weighted by molar-refractivity contribution is 5.78.